The lowest BCUT2D eigenvalue weighted by molar-refractivity contribution is 0.594. The first-order valence-electron chi connectivity index (χ1n) is 8.57. The Morgan fingerprint density at radius 3 is 1.47 bits per heavy atom. The van der Waals surface area contributed by atoms with Gasteiger partial charge in [-0.3, -0.25) is 0 Å². The molecule has 1 heteroatoms. The van der Waals surface area contributed by atoms with Crippen LogP contribution in [0.25, 0.3) is 0 Å². The van der Waals surface area contributed by atoms with Gasteiger partial charge in [-0.05, 0) is 25.8 Å². The van der Waals surface area contributed by atoms with Gasteiger partial charge in [-0.2, -0.15) is 0 Å². The molecule has 0 aromatic heterocycles. The minimum Gasteiger partial charge on any atom is -0.330 e. The molecule has 0 aromatic rings. The van der Waals surface area contributed by atoms with Crippen LogP contribution in [0.2, 0.25) is 0 Å². The first-order valence-corrected chi connectivity index (χ1v) is 8.57. The lowest BCUT2D eigenvalue weighted by Crippen LogP contribution is -1.97. The van der Waals surface area contributed by atoms with Crippen LogP contribution in [-0.2, 0) is 0 Å². The van der Waals surface area contributed by atoms with Crippen LogP contribution in [-0.4, -0.2) is 6.54 Å². The van der Waals surface area contributed by atoms with E-state index in [1.54, 1.807) is 0 Å². The van der Waals surface area contributed by atoms with Gasteiger partial charge in [-0.1, -0.05) is 64.7 Å². The van der Waals surface area contributed by atoms with Crippen molar-refractivity contribution >= 4 is 0 Å². The van der Waals surface area contributed by atoms with Crippen molar-refractivity contribution in [3.05, 3.63) is 0 Å². The summed E-state index contributed by atoms with van der Waals surface area (Å²) in [4.78, 5) is 0. The van der Waals surface area contributed by atoms with Crippen LogP contribution in [0.15, 0.2) is 0 Å². The molecule has 0 fully saturated rings. The van der Waals surface area contributed by atoms with Gasteiger partial charge in [0.1, 0.15) is 0 Å². The summed E-state index contributed by atoms with van der Waals surface area (Å²) in [6.45, 7) is 3.12. The van der Waals surface area contributed by atoms with E-state index in [9.17, 15) is 0 Å². The molecule has 0 spiro atoms. The molecule has 0 atom stereocenters. The molecule has 0 aliphatic heterocycles. The molecule has 1 nitrogen and oxygen atoms in total. The molecule has 0 radical (unpaired) electrons. The Balaban J connectivity index is 3.05. The van der Waals surface area contributed by atoms with E-state index in [2.05, 4.69) is 18.8 Å². The molecule has 112 valence electrons. The Kier molecular flexibility index (Phi) is 17.1. The third-order valence-electron chi connectivity index (χ3n) is 3.54. The van der Waals surface area contributed by atoms with Crippen molar-refractivity contribution in [3.63, 3.8) is 0 Å². The third kappa shape index (κ3) is 17.5. The second-order valence-corrected chi connectivity index (χ2v) is 5.53. The van der Waals surface area contributed by atoms with Gasteiger partial charge in [0.25, 0.3) is 0 Å². The Morgan fingerprint density at radius 2 is 1.00 bits per heavy atom. The molecule has 0 unspecified atom stereocenters. The Morgan fingerprint density at radius 1 is 0.579 bits per heavy atom. The number of nitrogens with two attached hydrogens (primary N) is 1. The molecule has 0 saturated heterocycles. The van der Waals surface area contributed by atoms with Crippen molar-refractivity contribution in [2.75, 3.05) is 6.54 Å². The first kappa shape index (κ1) is 18.5. The fourth-order valence-electron chi connectivity index (χ4n) is 2.24. The maximum Gasteiger partial charge on any atom is 0.00886 e. The summed E-state index contributed by atoms with van der Waals surface area (Å²) >= 11 is 0. The fourth-order valence-corrected chi connectivity index (χ4v) is 2.24. The lowest BCUT2D eigenvalue weighted by Gasteiger charge is -1.98. The van der Waals surface area contributed by atoms with Crippen molar-refractivity contribution < 1.29 is 0 Å². The van der Waals surface area contributed by atoms with E-state index in [4.69, 9.17) is 5.73 Å². The molecule has 0 aromatic carbocycles. The predicted molar refractivity (Wildman–Crippen MR) is 87.1 cm³/mol. The molecule has 0 bridgehead atoms. The summed E-state index contributed by atoms with van der Waals surface area (Å²) in [6, 6.07) is 0. The van der Waals surface area contributed by atoms with Crippen LogP contribution in [0.5, 0.6) is 0 Å². The highest BCUT2D eigenvalue weighted by molar-refractivity contribution is 4.98. The highest BCUT2D eigenvalue weighted by Gasteiger charge is 1.90. The average Bonchev–Trinajstić information content (AvgIpc) is 2.43. The van der Waals surface area contributed by atoms with Gasteiger partial charge in [-0.15, -0.1) is 11.8 Å². The second-order valence-electron chi connectivity index (χ2n) is 5.53. The van der Waals surface area contributed by atoms with E-state index in [1.165, 1.54) is 77.0 Å². The van der Waals surface area contributed by atoms with Crippen LogP contribution < -0.4 is 5.73 Å². The monoisotopic (exact) mass is 265 g/mol. The maximum atomic E-state index is 5.46. The smallest absolute Gasteiger partial charge is 0.00886 e. The minimum atomic E-state index is 0.845. The van der Waals surface area contributed by atoms with E-state index >= 15 is 0 Å². The average molecular weight is 265 g/mol. The normalized spacial score (nSPS) is 10.2. The van der Waals surface area contributed by atoms with E-state index in [-0.39, 0.29) is 0 Å². The highest BCUT2D eigenvalue weighted by Crippen LogP contribution is 2.08. The molecule has 0 amide bonds. The van der Waals surface area contributed by atoms with Crippen molar-refractivity contribution in [1.82, 2.24) is 0 Å². The SMILES string of the molecule is CCCCCCCCCC#CCCCCCCCN. The summed E-state index contributed by atoms with van der Waals surface area (Å²) in [6.07, 6.45) is 18.3. The second kappa shape index (κ2) is 17.5. The van der Waals surface area contributed by atoms with Crippen molar-refractivity contribution in [3.8, 4) is 11.8 Å². The van der Waals surface area contributed by atoms with Crippen LogP contribution >= 0.6 is 0 Å². The van der Waals surface area contributed by atoms with Gasteiger partial charge in [0, 0.05) is 12.8 Å². The Bertz CT molecular complexity index is 211. The molecular formula is C18H35N. The number of rotatable bonds is 13. The Labute approximate surface area is 121 Å². The van der Waals surface area contributed by atoms with Crippen LogP contribution in [0.3, 0.4) is 0 Å². The fraction of sp³-hybridized carbons (Fsp3) is 0.889. The highest BCUT2D eigenvalue weighted by atomic mass is 14.5. The molecule has 19 heavy (non-hydrogen) atoms. The van der Waals surface area contributed by atoms with E-state index in [0.717, 1.165) is 19.4 Å². The van der Waals surface area contributed by atoms with E-state index in [0.29, 0.717) is 0 Å². The molecule has 0 aliphatic rings. The maximum absolute atomic E-state index is 5.46. The van der Waals surface area contributed by atoms with Crippen LogP contribution in [0.4, 0.5) is 0 Å². The lowest BCUT2D eigenvalue weighted by atomic mass is 10.1. The van der Waals surface area contributed by atoms with Gasteiger partial charge < -0.3 is 5.73 Å². The standard InChI is InChI=1S/C18H35N/c1-2-3-4-5-6-7-8-9-10-11-12-13-14-15-16-17-18-19/h2-9,12-19H2,1H3. The van der Waals surface area contributed by atoms with Gasteiger partial charge in [-0.25, -0.2) is 0 Å². The quantitative estimate of drug-likeness (QED) is 0.349. The van der Waals surface area contributed by atoms with Gasteiger partial charge >= 0.3 is 0 Å². The summed E-state index contributed by atoms with van der Waals surface area (Å²) < 4.78 is 0. The van der Waals surface area contributed by atoms with Crippen LogP contribution in [0, 0.1) is 11.8 Å². The molecule has 0 saturated carbocycles. The summed E-state index contributed by atoms with van der Waals surface area (Å²) in [5, 5.41) is 0. The predicted octanol–water partition coefficient (Wildman–Crippen LogP) is 5.43. The van der Waals surface area contributed by atoms with Gasteiger partial charge in [0.2, 0.25) is 0 Å². The van der Waals surface area contributed by atoms with E-state index in [1.807, 2.05) is 0 Å². The minimum absolute atomic E-state index is 0.845. The molecule has 2 N–H and O–H groups in total. The first-order chi connectivity index (χ1) is 9.41. The van der Waals surface area contributed by atoms with Crippen molar-refractivity contribution in [2.45, 2.75) is 96.8 Å². The van der Waals surface area contributed by atoms with Gasteiger partial charge in [0.05, 0.1) is 0 Å². The molecular weight excluding hydrogens is 230 g/mol. The largest absolute Gasteiger partial charge is 0.330 e. The number of hydrogen-bond donors (Lipinski definition) is 1. The number of unbranched alkanes of at least 4 members (excludes halogenated alkanes) is 12. The Hall–Kier alpha value is -0.480. The zero-order valence-corrected chi connectivity index (χ0v) is 13.2. The summed E-state index contributed by atoms with van der Waals surface area (Å²) in [5.74, 6) is 6.63. The topological polar surface area (TPSA) is 26.0 Å². The van der Waals surface area contributed by atoms with Gasteiger partial charge in [0.15, 0.2) is 0 Å². The zero-order chi connectivity index (χ0) is 14.0. The summed E-state index contributed by atoms with van der Waals surface area (Å²) in [7, 11) is 0. The summed E-state index contributed by atoms with van der Waals surface area (Å²) in [5.41, 5.74) is 5.46. The van der Waals surface area contributed by atoms with Crippen molar-refractivity contribution in [2.24, 2.45) is 5.73 Å². The zero-order valence-electron chi connectivity index (χ0n) is 13.2. The van der Waals surface area contributed by atoms with Crippen LogP contribution in [0.1, 0.15) is 96.8 Å². The molecule has 0 aliphatic carbocycles. The molecule has 0 heterocycles. The number of hydrogen-bond acceptors (Lipinski definition) is 1. The van der Waals surface area contributed by atoms with E-state index < -0.39 is 0 Å². The molecule has 0 rings (SSSR count). The third-order valence-corrected chi connectivity index (χ3v) is 3.54. The van der Waals surface area contributed by atoms with Crippen molar-refractivity contribution in [1.29, 1.82) is 0 Å².